The number of nitrogens with zero attached hydrogens (tertiary/aromatic N) is 2. The van der Waals surface area contributed by atoms with Crippen molar-refractivity contribution in [3.05, 3.63) is 34.7 Å². The van der Waals surface area contributed by atoms with Crippen molar-refractivity contribution in [1.29, 1.82) is 0 Å². The molecule has 2 atom stereocenters. The third-order valence-electron chi connectivity index (χ3n) is 4.00. The molecule has 0 bridgehead atoms. The molecule has 0 radical (unpaired) electrons. The van der Waals surface area contributed by atoms with Crippen molar-refractivity contribution >= 4 is 0 Å². The molecule has 0 amide bonds. The lowest BCUT2D eigenvalue weighted by molar-refractivity contribution is 0.102. The van der Waals surface area contributed by atoms with Crippen LogP contribution in [-0.4, -0.2) is 35.1 Å². The van der Waals surface area contributed by atoms with Crippen LogP contribution in [0.5, 0.6) is 0 Å². The van der Waals surface area contributed by atoms with E-state index in [4.69, 9.17) is 5.73 Å². The maximum Gasteiger partial charge on any atom is 0.250 e. The zero-order valence-electron chi connectivity index (χ0n) is 11.1. The fraction of sp³-hybridized carbons (Fsp3) is 0.643. The van der Waals surface area contributed by atoms with Gasteiger partial charge in [-0.2, -0.15) is 0 Å². The number of piperidine rings is 1. The van der Waals surface area contributed by atoms with Crippen LogP contribution in [0.15, 0.2) is 29.2 Å². The van der Waals surface area contributed by atoms with Gasteiger partial charge in [0.05, 0.1) is 0 Å². The van der Waals surface area contributed by atoms with Gasteiger partial charge in [-0.25, -0.2) is 0 Å². The molecule has 1 aliphatic heterocycles. The number of pyridine rings is 1. The molecule has 1 saturated heterocycles. The molecule has 1 aliphatic rings. The van der Waals surface area contributed by atoms with Gasteiger partial charge in [0.15, 0.2) is 0 Å². The van der Waals surface area contributed by atoms with E-state index in [1.165, 1.54) is 12.8 Å². The van der Waals surface area contributed by atoms with Crippen molar-refractivity contribution in [1.82, 2.24) is 9.47 Å². The molecule has 1 aromatic heterocycles. The third kappa shape index (κ3) is 3.00. The smallest absolute Gasteiger partial charge is 0.250 e. The molecule has 0 saturated carbocycles. The number of aromatic nitrogens is 1. The third-order valence-corrected chi connectivity index (χ3v) is 4.00. The molecule has 2 N–H and O–H groups in total. The van der Waals surface area contributed by atoms with Crippen molar-refractivity contribution in [3.63, 3.8) is 0 Å². The van der Waals surface area contributed by atoms with Crippen LogP contribution in [0.3, 0.4) is 0 Å². The van der Waals surface area contributed by atoms with E-state index < -0.39 is 0 Å². The second-order valence-electron chi connectivity index (χ2n) is 5.19. The summed E-state index contributed by atoms with van der Waals surface area (Å²) in [4.78, 5) is 14.1. The average molecular weight is 249 g/mol. The van der Waals surface area contributed by atoms with Gasteiger partial charge in [-0.3, -0.25) is 9.69 Å². The van der Waals surface area contributed by atoms with E-state index in [1.54, 1.807) is 16.7 Å². The highest BCUT2D eigenvalue weighted by Gasteiger charge is 2.26. The highest BCUT2D eigenvalue weighted by molar-refractivity contribution is 4.93. The molecule has 0 aliphatic carbocycles. The number of likely N-dealkylation sites (tertiary alicyclic amines) is 1. The molecule has 0 aromatic carbocycles. The Morgan fingerprint density at radius 2 is 2.22 bits per heavy atom. The van der Waals surface area contributed by atoms with Crippen LogP contribution in [0.25, 0.3) is 0 Å². The zero-order valence-corrected chi connectivity index (χ0v) is 11.1. The van der Waals surface area contributed by atoms with Crippen molar-refractivity contribution < 1.29 is 0 Å². The van der Waals surface area contributed by atoms with E-state index >= 15 is 0 Å². The van der Waals surface area contributed by atoms with Crippen LogP contribution in [0.4, 0.5) is 0 Å². The van der Waals surface area contributed by atoms with Crippen LogP contribution < -0.4 is 11.3 Å². The maximum absolute atomic E-state index is 11.6. The topological polar surface area (TPSA) is 51.3 Å². The first kappa shape index (κ1) is 13.3. The normalized spacial score (nSPS) is 25.2. The van der Waals surface area contributed by atoms with Crippen molar-refractivity contribution in [3.8, 4) is 0 Å². The Morgan fingerprint density at radius 3 is 2.94 bits per heavy atom. The van der Waals surface area contributed by atoms with Gasteiger partial charge in [-0.15, -0.1) is 0 Å². The first-order valence-corrected chi connectivity index (χ1v) is 6.82. The molecule has 2 unspecified atom stereocenters. The summed E-state index contributed by atoms with van der Waals surface area (Å²) in [5, 5.41) is 0. The fourth-order valence-corrected chi connectivity index (χ4v) is 2.88. The molecule has 1 aromatic rings. The Kier molecular flexibility index (Phi) is 4.55. The lowest BCUT2D eigenvalue weighted by Crippen LogP contribution is -2.49. The van der Waals surface area contributed by atoms with Gasteiger partial charge in [-0.1, -0.05) is 13.0 Å². The molecule has 2 rings (SSSR count). The average Bonchev–Trinajstić information content (AvgIpc) is 2.38. The minimum absolute atomic E-state index is 0.0758. The van der Waals surface area contributed by atoms with Gasteiger partial charge in [0.1, 0.15) is 0 Å². The first-order chi connectivity index (χ1) is 8.72. The quantitative estimate of drug-likeness (QED) is 0.863. The summed E-state index contributed by atoms with van der Waals surface area (Å²) in [5.74, 6) is 0.663. The largest absolute Gasteiger partial charge is 0.329 e. The molecular formula is C14H23N3O. The van der Waals surface area contributed by atoms with E-state index in [1.807, 2.05) is 12.3 Å². The predicted octanol–water partition coefficient (Wildman–Crippen LogP) is 0.907. The summed E-state index contributed by atoms with van der Waals surface area (Å²) >= 11 is 0. The number of hydrogen-bond acceptors (Lipinski definition) is 3. The van der Waals surface area contributed by atoms with E-state index in [9.17, 15) is 4.79 Å². The van der Waals surface area contributed by atoms with Gasteiger partial charge >= 0.3 is 0 Å². The van der Waals surface area contributed by atoms with Crippen molar-refractivity contribution in [2.24, 2.45) is 11.7 Å². The molecule has 18 heavy (non-hydrogen) atoms. The SMILES string of the molecule is CC1CCCN(CCn2ccccc2=O)C1CN. The van der Waals surface area contributed by atoms with E-state index in [0.717, 1.165) is 19.6 Å². The minimum Gasteiger partial charge on any atom is -0.329 e. The number of hydrogen-bond donors (Lipinski definition) is 1. The molecule has 100 valence electrons. The molecule has 4 nitrogen and oxygen atoms in total. The maximum atomic E-state index is 11.6. The summed E-state index contributed by atoms with van der Waals surface area (Å²) < 4.78 is 1.77. The summed E-state index contributed by atoms with van der Waals surface area (Å²) in [5.41, 5.74) is 5.95. The van der Waals surface area contributed by atoms with Gasteiger partial charge in [0.25, 0.3) is 5.56 Å². The zero-order chi connectivity index (χ0) is 13.0. The second-order valence-corrected chi connectivity index (χ2v) is 5.19. The Bertz CT molecular complexity index is 429. The molecule has 4 heteroatoms. The summed E-state index contributed by atoms with van der Waals surface area (Å²) in [7, 11) is 0. The Balaban J connectivity index is 1.97. The molecular weight excluding hydrogens is 226 g/mol. The van der Waals surface area contributed by atoms with Crippen LogP contribution in [-0.2, 0) is 6.54 Å². The van der Waals surface area contributed by atoms with Gasteiger partial charge in [-0.05, 0) is 31.4 Å². The van der Waals surface area contributed by atoms with E-state index in [2.05, 4.69) is 11.8 Å². The Morgan fingerprint density at radius 1 is 1.39 bits per heavy atom. The van der Waals surface area contributed by atoms with Crippen LogP contribution in [0, 0.1) is 5.92 Å². The lowest BCUT2D eigenvalue weighted by atomic mass is 9.91. The van der Waals surface area contributed by atoms with Crippen LogP contribution in [0.1, 0.15) is 19.8 Å². The highest BCUT2D eigenvalue weighted by atomic mass is 16.1. The number of rotatable bonds is 4. The minimum atomic E-state index is 0.0758. The highest BCUT2D eigenvalue weighted by Crippen LogP contribution is 2.22. The molecule has 2 heterocycles. The lowest BCUT2D eigenvalue weighted by Gasteiger charge is -2.39. The number of nitrogens with two attached hydrogens (primary N) is 1. The molecule has 1 fully saturated rings. The van der Waals surface area contributed by atoms with Gasteiger partial charge in [0, 0.05) is 37.9 Å². The molecule has 0 spiro atoms. The van der Waals surface area contributed by atoms with E-state index in [0.29, 0.717) is 18.5 Å². The monoisotopic (exact) mass is 249 g/mol. The summed E-state index contributed by atoms with van der Waals surface area (Å²) in [6, 6.07) is 5.77. The fourth-order valence-electron chi connectivity index (χ4n) is 2.88. The summed E-state index contributed by atoms with van der Waals surface area (Å²) in [6.07, 6.45) is 4.36. The van der Waals surface area contributed by atoms with Gasteiger partial charge < -0.3 is 10.3 Å². The van der Waals surface area contributed by atoms with Crippen molar-refractivity contribution in [2.75, 3.05) is 19.6 Å². The first-order valence-electron chi connectivity index (χ1n) is 6.82. The standard InChI is InChI=1S/C14H23N3O/c1-12-5-4-8-16(13(12)11-15)9-10-17-7-3-2-6-14(17)18/h2-3,6-7,12-13H,4-5,8-11,15H2,1H3. The van der Waals surface area contributed by atoms with E-state index in [-0.39, 0.29) is 5.56 Å². The Hall–Kier alpha value is -1.13. The van der Waals surface area contributed by atoms with Crippen LogP contribution >= 0.6 is 0 Å². The van der Waals surface area contributed by atoms with Crippen molar-refractivity contribution in [2.45, 2.75) is 32.4 Å². The van der Waals surface area contributed by atoms with Crippen LogP contribution in [0.2, 0.25) is 0 Å². The summed E-state index contributed by atoms with van der Waals surface area (Å²) in [6.45, 7) is 5.76. The van der Waals surface area contributed by atoms with Gasteiger partial charge in [0.2, 0.25) is 0 Å². The predicted molar refractivity (Wildman–Crippen MR) is 73.5 cm³/mol. The Labute approximate surface area is 108 Å². The second kappa shape index (κ2) is 6.16.